The van der Waals surface area contributed by atoms with Crippen molar-refractivity contribution in [3.8, 4) is 5.75 Å². The Bertz CT molecular complexity index is 1000. The molecule has 9 heteroatoms. The number of phenols is 1. The number of carbonyl (C=O) groups is 3. The predicted octanol–water partition coefficient (Wildman–Crippen LogP) is 4.72. The Morgan fingerprint density at radius 2 is 1.86 bits per heavy atom. The third-order valence-corrected chi connectivity index (χ3v) is 5.20. The van der Waals surface area contributed by atoms with Crippen LogP contribution in [0.5, 0.6) is 5.75 Å². The van der Waals surface area contributed by atoms with Gasteiger partial charge in [-0.05, 0) is 59.3 Å². The summed E-state index contributed by atoms with van der Waals surface area (Å²) in [7, 11) is 1.20. The molecule has 2 aromatic carbocycles. The molecule has 0 saturated carbocycles. The fraction of sp³-hybridized carbons (Fsp3) is 0.105. The van der Waals surface area contributed by atoms with Gasteiger partial charge in [0.05, 0.1) is 18.6 Å². The van der Waals surface area contributed by atoms with E-state index in [0.29, 0.717) is 21.2 Å². The number of hydrogen-bond acceptors (Lipinski definition) is 6. The van der Waals surface area contributed by atoms with E-state index < -0.39 is 17.1 Å². The molecule has 1 N–H and O–H groups in total. The van der Waals surface area contributed by atoms with Crippen LogP contribution in [0.2, 0.25) is 10.0 Å². The highest BCUT2D eigenvalue weighted by molar-refractivity contribution is 8.18. The van der Waals surface area contributed by atoms with Crippen LogP contribution in [-0.4, -0.2) is 34.2 Å². The Labute approximate surface area is 174 Å². The van der Waals surface area contributed by atoms with Crippen molar-refractivity contribution >= 4 is 58.2 Å². The van der Waals surface area contributed by atoms with E-state index in [0.717, 1.165) is 16.7 Å². The number of phenolic OH excluding ortho intramolecular Hbond substituents is 1. The van der Waals surface area contributed by atoms with Gasteiger partial charge in [0.15, 0.2) is 0 Å². The lowest BCUT2D eigenvalue weighted by molar-refractivity contribution is -0.123. The third-order valence-electron chi connectivity index (χ3n) is 3.86. The number of rotatable bonds is 4. The fourth-order valence-electron chi connectivity index (χ4n) is 2.59. The predicted molar refractivity (Wildman–Crippen MR) is 107 cm³/mol. The number of imide groups is 1. The second-order valence-corrected chi connectivity index (χ2v) is 7.68. The van der Waals surface area contributed by atoms with Gasteiger partial charge >= 0.3 is 5.97 Å². The summed E-state index contributed by atoms with van der Waals surface area (Å²) in [5.74, 6) is -1.42. The van der Waals surface area contributed by atoms with E-state index in [-0.39, 0.29) is 22.8 Å². The summed E-state index contributed by atoms with van der Waals surface area (Å²) in [4.78, 5) is 37.9. The number of carbonyl (C=O) groups excluding carboxylic acids is 3. The first-order chi connectivity index (χ1) is 13.3. The zero-order valence-corrected chi connectivity index (χ0v) is 16.8. The van der Waals surface area contributed by atoms with Crippen LogP contribution in [-0.2, 0) is 16.1 Å². The summed E-state index contributed by atoms with van der Waals surface area (Å²) >= 11 is 12.7. The normalized spacial score (nSPS) is 15.4. The molecule has 0 aromatic heterocycles. The first-order valence-corrected chi connectivity index (χ1v) is 9.47. The van der Waals surface area contributed by atoms with E-state index in [9.17, 15) is 19.5 Å². The summed E-state index contributed by atoms with van der Waals surface area (Å²) in [6.07, 6.45) is 1.47. The van der Waals surface area contributed by atoms with Crippen molar-refractivity contribution in [2.45, 2.75) is 6.54 Å². The second-order valence-electron chi connectivity index (χ2n) is 5.81. The van der Waals surface area contributed by atoms with Crippen LogP contribution in [0.3, 0.4) is 0 Å². The molecule has 2 amide bonds. The van der Waals surface area contributed by atoms with Gasteiger partial charge in [-0.1, -0.05) is 29.3 Å². The summed E-state index contributed by atoms with van der Waals surface area (Å²) in [5.41, 5.74) is 1.05. The summed E-state index contributed by atoms with van der Waals surface area (Å²) in [6.45, 7) is 0.0330. The molecule has 0 radical (unpaired) electrons. The molecule has 28 heavy (non-hydrogen) atoms. The van der Waals surface area contributed by atoms with Crippen LogP contribution in [0.15, 0.2) is 41.3 Å². The Kier molecular flexibility index (Phi) is 5.98. The van der Waals surface area contributed by atoms with E-state index in [1.807, 2.05) is 0 Å². The topological polar surface area (TPSA) is 83.9 Å². The Hall–Kier alpha value is -2.48. The molecule has 6 nitrogen and oxygen atoms in total. The zero-order valence-electron chi connectivity index (χ0n) is 14.4. The number of thioether (sulfide) groups is 1. The molecule has 0 bridgehead atoms. The van der Waals surface area contributed by atoms with Gasteiger partial charge in [0.25, 0.3) is 11.1 Å². The Morgan fingerprint density at radius 1 is 1.18 bits per heavy atom. The smallest absolute Gasteiger partial charge is 0.341 e. The van der Waals surface area contributed by atoms with Gasteiger partial charge in [-0.2, -0.15) is 0 Å². The molecule has 1 fully saturated rings. The molecule has 144 valence electrons. The molecule has 0 atom stereocenters. The Balaban J connectivity index is 1.86. The van der Waals surface area contributed by atoms with Crippen molar-refractivity contribution in [2.24, 2.45) is 0 Å². The molecule has 1 heterocycles. The number of hydrogen-bond donors (Lipinski definition) is 1. The van der Waals surface area contributed by atoms with Gasteiger partial charge in [0.1, 0.15) is 11.3 Å². The van der Waals surface area contributed by atoms with Crippen molar-refractivity contribution in [3.05, 3.63) is 68.0 Å². The molecule has 1 aliphatic heterocycles. The number of esters is 1. The van der Waals surface area contributed by atoms with Gasteiger partial charge in [-0.15, -0.1) is 0 Å². The molecule has 0 unspecified atom stereocenters. The molecular formula is C19H13Cl2NO5S. The molecule has 1 aliphatic rings. The number of amides is 2. The molecule has 2 aromatic rings. The van der Waals surface area contributed by atoms with Crippen LogP contribution in [0.1, 0.15) is 21.5 Å². The van der Waals surface area contributed by atoms with Crippen molar-refractivity contribution < 1.29 is 24.2 Å². The average Bonchev–Trinajstić information content (AvgIpc) is 2.89. The highest BCUT2D eigenvalue weighted by Gasteiger charge is 2.35. The molecule has 0 spiro atoms. The van der Waals surface area contributed by atoms with E-state index in [1.165, 1.54) is 31.4 Å². The third kappa shape index (κ3) is 4.32. The first kappa shape index (κ1) is 20.3. The van der Waals surface area contributed by atoms with Crippen molar-refractivity contribution in [3.63, 3.8) is 0 Å². The van der Waals surface area contributed by atoms with Crippen molar-refractivity contribution in [1.82, 2.24) is 4.90 Å². The Morgan fingerprint density at radius 3 is 2.50 bits per heavy atom. The number of ether oxygens (including phenoxy) is 1. The summed E-state index contributed by atoms with van der Waals surface area (Å²) in [6, 6.07) is 9.03. The lowest BCUT2D eigenvalue weighted by Gasteiger charge is -2.13. The van der Waals surface area contributed by atoms with Gasteiger partial charge in [-0.3, -0.25) is 14.5 Å². The SMILES string of the molecule is COC(=O)c1cc(/C=C2/SC(=O)N(Cc3cc(Cl)cc(Cl)c3)C2=O)ccc1O. The average molecular weight is 438 g/mol. The van der Waals surface area contributed by atoms with Gasteiger partial charge in [0.2, 0.25) is 0 Å². The standard InChI is InChI=1S/C19H13Cl2NO5S/c1-27-18(25)14-6-10(2-3-15(14)23)7-16-17(24)22(19(26)28-16)9-11-4-12(20)8-13(21)5-11/h2-8,23H,9H2,1H3/b16-7+. The van der Waals surface area contributed by atoms with E-state index in [4.69, 9.17) is 23.2 Å². The molecule has 1 saturated heterocycles. The van der Waals surface area contributed by atoms with Gasteiger partial charge < -0.3 is 9.84 Å². The number of aromatic hydroxyl groups is 1. The maximum absolute atomic E-state index is 12.6. The van der Waals surface area contributed by atoms with E-state index >= 15 is 0 Å². The fourth-order valence-corrected chi connectivity index (χ4v) is 4.00. The maximum atomic E-state index is 12.6. The quantitative estimate of drug-likeness (QED) is 0.549. The first-order valence-electron chi connectivity index (χ1n) is 7.90. The lowest BCUT2D eigenvalue weighted by atomic mass is 10.1. The van der Waals surface area contributed by atoms with E-state index in [1.54, 1.807) is 18.2 Å². The van der Waals surface area contributed by atoms with Crippen LogP contribution >= 0.6 is 35.0 Å². The number of nitrogens with zero attached hydrogens (tertiary/aromatic N) is 1. The second kappa shape index (κ2) is 8.26. The largest absolute Gasteiger partial charge is 0.507 e. The lowest BCUT2D eigenvalue weighted by Crippen LogP contribution is -2.27. The highest BCUT2D eigenvalue weighted by Crippen LogP contribution is 2.34. The van der Waals surface area contributed by atoms with Crippen LogP contribution in [0, 0.1) is 0 Å². The summed E-state index contributed by atoms with van der Waals surface area (Å²) < 4.78 is 4.61. The summed E-state index contributed by atoms with van der Waals surface area (Å²) in [5, 5.41) is 10.1. The van der Waals surface area contributed by atoms with Crippen LogP contribution in [0.4, 0.5) is 4.79 Å². The van der Waals surface area contributed by atoms with Crippen LogP contribution < -0.4 is 0 Å². The minimum atomic E-state index is -0.710. The monoisotopic (exact) mass is 437 g/mol. The van der Waals surface area contributed by atoms with Gasteiger partial charge in [-0.25, -0.2) is 4.79 Å². The minimum Gasteiger partial charge on any atom is -0.507 e. The molecule has 0 aliphatic carbocycles. The van der Waals surface area contributed by atoms with Crippen LogP contribution in [0.25, 0.3) is 6.08 Å². The number of methoxy groups -OCH3 is 1. The highest BCUT2D eigenvalue weighted by atomic mass is 35.5. The number of benzene rings is 2. The number of halogens is 2. The maximum Gasteiger partial charge on any atom is 0.341 e. The minimum absolute atomic E-state index is 0.0330. The molecular weight excluding hydrogens is 425 g/mol. The van der Waals surface area contributed by atoms with Crippen molar-refractivity contribution in [2.75, 3.05) is 7.11 Å². The zero-order chi connectivity index (χ0) is 20.4. The van der Waals surface area contributed by atoms with Gasteiger partial charge in [0, 0.05) is 10.0 Å². The molecule has 3 rings (SSSR count). The van der Waals surface area contributed by atoms with E-state index in [2.05, 4.69) is 4.74 Å². The van der Waals surface area contributed by atoms with Crippen molar-refractivity contribution in [1.29, 1.82) is 0 Å².